The maximum Gasteiger partial charge on any atom is -0.412 e. The van der Waals surface area contributed by atoms with Crippen LogP contribution in [0.15, 0.2) is 24.3 Å². The SMILES string of the molecule is Cc1cc[c]([Sn]2[CH2]CCC[O]2)cc1.O. The summed E-state index contributed by atoms with van der Waals surface area (Å²) in [5.74, 6) is 0. The van der Waals surface area contributed by atoms with Crippen molar-refractivity contribution in [3.8, 4) is 0 Å². The van der Waals surface area contributed by atoms with Crippen LogP contribution in [-0.4, -0.2) is 32.3 Å². The van der Waals surface area contributed by atoms with Crippen LogP contribution in [0.25, 0.3) is 0 Å². The average molecular weight is 300 g/mol. The molecule has 2 rings (SSSR count). The summed E-state index contributed by atoms with van der Waals surface area (Å²) < 4.78 is 8.82. The van der Waals surface area contributed by atoms with Crippen molar-refractivity contribution < 1.29 is 8.55 Å². The summed E-state index contributed by atoms with van der Waals surface area (Å²) in [6.07, 6.45) is 2.67. The molecule has 3 heteroatoms. The average Bonchev–Trinajstić information content (AvgIpc) is 2.20. The summed E-state index contributed by atoms with van der Waals surface area (Å²) in [5.41, 5.74) is 1.35. The number of hydrogen-bond acceptors (Lipinski definition) is 1. The van der Waals surface area contributed by atoms with Crippen LogP contribution in [0.5, 0.6) is 0 Å². The van der Waals surface area contributed by atoms with Crippen molar-refractivity contribution in [2.24, 2.45) is 0 Å². The first kappa shape index (κ1) is 12.0. The monoisotopic (exact) mass is 301 g/mol. The van der Waals surface area contributed by atoms with Crippen molar-refractivity contribution in [2.75, 3.05) is 6.61 Å². The van der Waals surface area contributed by atoms with Crippen LogP contribution in [0.1, 0.15) is 18.4 Å². The van der Waals surface area contributed by atoms with Gasteiger partial charge in [0.05, 0.1) is 0 Å². The van der Waals surface area contributed by atoms with E-state index in [1.54, 1.807) is 0 Å². The molecule has 0 spiro atoms. The number of aryl methyl sites for hydroxylation is 1. The van der Waals surface area contributed by atoms with Crippen molar-refractivity contribution in [1.29, 1.82) is 0 Å². The van der Waals surface area contributed by atoms with Gasteiger partial charge in [0.25, 0.3) is 0 Å². The van der Waals surface area contributed by atoms with Crippen LogP contribution in [0.2, 0.25) is 4.44 Å². The molecule has 1 aliphatic heterocycles. The Kier molecular flexibility index (Phi) is 4.92. The van der Waals surface area contributed by atoms with Crippen LogP contribution in [0.4, 0.5) is 0 Å². The summed E-state index contributed by atoms with van der Waals surface area (Å²) in [5, 5.41) is 0. The molecule has 1 heterocycles. The van der Waals surface area contributed by atoms with Gasteiger partial charge in [0, 0.05) is 0 Å². The third-order valence-electron chi connectivity index (χ3n) is 2.45. The van der Waals surface area contributed by atoms with Crippen molar-refractivity contribution >= 4 is 23.8 Å². The predicted octanol–water partition coefficient (Wildman–Crippen LogP) is 1.18. The van der Waals surface area contributed by atoms with E-state index in [1.165, 1.54) is 26.4 Å². The van der Waals surface area contributed by atoms with E-state index in [4.69, 9.17) is 3.07 Å². The molecule has 1 aromatic carbocycles. The summed E-state index contributed by atoms with van der Waals surface area (Å²) in [6, 6.07) is 8.96. The molecule has 1 saturated heterocycles. The van der Waals surface area contributed by atoms with Gasteiger partial charge in [-0.2, -0.15) is 0 Å². The standard InChI is InChI=1S/C7H7.C4H8O.H2O.Sn/c1-7-5-3-2-4-6-7;1-2-3-4-5;;/h3-6H,1H3;1-4H2;1H2;/q;-1;;+1. The van der Waals surface area contributed by atoms with E-state index < -0.39 is 20.2 Å². The van der Waals surface area contributed by atoms with E-state index >= 15 is 0 Å². The molecule has 1 aromatic rings. The fourth-order valence-corrected chi connectivity index (χ4v) is 7.62. The molecule has 0 bridgehead atoms. The molecule has 2 nitrogen and oxygen atoms in total. The second kappa shape index (κ2) is 5.73. The van der Waals surface area contributed by atoms with Gasteiger partial charge in [-0.05, 0) is 0 Å². The van der Waals surface area contributed by atoms with Gasteiger partial charge < -0.3 is 5.48 Å². The van der Waals surface area contributed by atoms with Crippen LogP contribution < -0.4 is 3.58 Å². The van der Waals surface area contributed by atoms with Crippen LogP contribution in [-0.2, 0) is 3.07 Å². The Morgan fingerprint density at radius 2 is 1.86 bits per heavy atom. The van der Waals surface area contributed by atoms with Gasteiger partial charge in [-0.25, -0.2) is 0 Å². The van der Waals surface area contributed by atoms with Gasteiger partial charge in [-0.1, -0.05) is 0 Å². The minimum atomic E-state index is -1.57. The molecule has 0 aromatic heterocycles. The van der Waals surface area contributed by atoms with Crippen LogP contribution in [0.3, 0.4) is 0 Å². The Hall–Kier alpha value is -0.0613. The number of rotatable bonds is 1. The second-order valence-electron chi connectivity index (χ2n) is 3.59. The first-order chi connectivity index (χ1) is 6.36. The zero-order valence-electron chi connectivity index (χ0n) is 8.55. The minimum absolute atomic E-state index is 0. The molecular weight excluding hydrogens is 283 g/mol. The van der Waals surface area contributed by atoms with Crippen molar-refractivity contribution in [2.45, 2.75) is 24.2 Å². The molecule has 0 unspecified atom stereocenters. The Balaban J connectivity index is 0.000000980. The summed E-state index contributed by atoms with van der Waals surface area (Å²) in [6.45, 7) is 3.15. The summed E-state index contributed by atoms with van der Waals surface area (Å²) in [7, 11) is 0. The molecule has 77 valence electrons. The van der Waals surface area contributed by atoms with E-state index in [0.29, 0.717) is 0 Å². The molecule has 1 fully saturated rings. The van der Waals surface area contributed by atoms with Gasteiger partial charge in [0.15, 0.2) is 0 Å². The van der Waals surface area contributed by atoms with Gasteiger partial charge in [0.2, 0.25) is 0 Å². The quantitative estimate of drug-likeness (QED) is 0.718. The van der Waals surface area contributed by atoms with Crippen molar-refractivity contribution in [1.82, 2.24) is 0 Å². The molecule has 0 aliphatic carbocycles. The fourth-order valence-electron chi connectivity index (χ4n) is 1.62. The van der Waals surface area contributed by atoms with E-state index in [0.717, 1.165) is 6.61 Å². The maximum atomic E-state index is 5.90. The smallest absolute Gasteiger partial charge is 0.412 e. The molecule has 2 N–H and O–H groups in total. The Bertz CT molecular complexity index is 265. The fraction of sp³-hybridized carbons (Fsp3) is 0.455. The van der Waals surface area contributed by atoms with E-state index in [1.807, 2.05) is 0 Å². The number of hydrogen-bond donors (Lipinski definition) is 0. The zero-order chi connectivity index (χ0) is 9.10. The first-order valence-electron chi connectivity index (χ1n) is 4.92. The number of benzene rings is 1. The third kappa shape index (κ3) is 2.97. The van der Waals surface area contributed by atoms with Crippen LogP contribution in [0, 0.1) is 6.92 Å². The molecule has 14 heavy (non-hydrogen) atoms. The van der Waals surface area contributed by atoms with Gasteiger partial charge in [-0.3, -0.25) is 0 Å². The molecule has 1 radical (unpaired) electrons. The van der Waals surface area contributed by atoms with E-state index in [9.17, 15) is 0 Å². The first-order valence-corrected chi connectivity index (χ1v) is 9.53. The largest absolute Gasteiger partial charge is 0.412 e. The van der Waals surface area contributed by atoms with Gasteiger partial charge in [-0.15, -0.1) is 0 Å². The van der Waals surface area contributed by atoms with Crippen molar-refractivity contribution in [3.63, 3.8) is 0 Å². The second-order valence-corrected chi connectivity index (χ2v) is 9.91. The Morgan fingerprint density at radius 3 is 2.43 bits per heavy atom. The third-order valence-corrected chi connectivity index (χ3v) is 9.12. The summed E-state index contributed by atoms with van der Waals surface area (Å²) >= 11 is -1.57. The van der Waals surface area contributed by atoms with Crippen LogP contribution >= 0.6 is 0 Å². The Labute approximate surface area is 92.9 Å². The van der Waals surface area contributed by atoms with Gasteiger partial charge >= 0.3 is 87.5 Å². The maximum absolute atomic E-state index is 5.90. The molecule has 0 saturated carbocycles. The zero-order valence-corrected chi connectivity index (χ0v) is 11.4. The molecule has 0 atom stereocenters. The van der Waals surface area contributed by atoms with Gasteiger partial charge in [0.1, 0.15) is 0 Å². The molecule has 1 aliphatic rings. The topological polar surface area (TPSA) is 40.7 Å². The Morgan fingerprint density at radius 1 is 1.14 bits per heavy atom. The molecular formula is C11H17O2Sn. The molecule has 0 amide bonds. The van der Waals surface area contributed by atoms with Crippen molar-refractivity contribution in [3.05, 3.63) is 29.8 Å². The van der Waals surface area contributed by atoms with E-state index in [-0.39, 0.29) is 5.48 Å². The normalized spacial score (nSPS) is 17.5. The predicted molar refractivity (Wildman–Crippen MR) is 60.2 cm³/mol. The van der Waals surface area contributed by atoms with E-state index in [2.05, 4.69) is 31.2 Å². The minimum Gasteiger partial charge on any atom is -0.412 e. The summed E-state index contributed by atoms with van der Waals surface area (Å²) in [4.78, 5) is 0.